The van der Waals surface area contributed by atoms with Crippen LogP contribution in [0.25, 0.3) is 0 Å². The van der Waals surface area contributed by atoms with Crippen LogP contribution in [0.5, 0.6) is 5.75 Å². The van der Waals surface area contributed by atoms with Crippen LogP contribution in [0.15, 0.2) is 40.2 Å². The van der Waals surface area contributed by atoms with Crippen LogP contribution in [0.2, 0.25) is 0 Å². The van der Waals surface area contributed by atoms with E-state index < -0.39 is 0 Å². The highest BCUT2D eigenvalue weighted by Gasteiger charge is 2.24. The molecule has 0 saturated carbocycles. The van der Waals surface area contributed by atoms with Crippen molar-refractivity contribution in [3.63, 3.8) is 0 Å². The molecule has 122 valence electrons. The molecule has 0 spiro atoms. The van der Waals surface area contributed by atoms with E-state index in [-0.39, 0.29) is 5.91 Å². The Morgan fingerprint density at radius 1 is 1.30 bits per heavy atom. The number of rotatable bonds is 3. The fourth-order valence-electron chi connectivity index (χ4n) is 3.06. The summed E-state index contributed by atoms with van der Waals surface area (Å²) in [6.45, 7) is 1.64. The lowest BCUT2D eigenvalue weighted by Crippen LogP contribution is -2.33. The zero-order valence-electron chi connectivity index (χ0n) is 13.1. The van der Waals surface area contributed by atoms with Crippen LogP contribution in [-0.4, -0.2) is 31.0 Å². The first-order valence-electron chi connectivity index (χ1n) is 7.84. The lowest BCUT2D eigenvalue weighted by atomic mass is 9.94. The number of halogens is 1. The van der Waals surface area contributed by atoms with Gasteiger partial charge in [0, 0.05) is 28.9 Å². The number of likely N-dealkylation sites (tertiary alicyclic amines) is 1. The number of thiophene rings is 1. The topological polar surface area (TPSA) is 29.5 Å². The van der Waals surface area contributed by atoms with E-state index in [2.05, 4.69) is 28.1 Å². The van der Waals surface area contributed by atoms with Crippen molar-refractivity contribution in [2.45, 2.75) is 25.2 Å². The number of hydrogen-bond acceptors (Lipinski definition) is 3. The molecule has 1 saturated heterocycles. The van der Waals surface area contributed by atoms with Crippen molar-refractivity contribution in [3.8, 4) is 5.75 Å². The molecular weight excluding hydrogens is 374 g/mol. The van der Waals surface area contributed by atoms with Crippen LogP contribution in [0, 0.1) is 0 Å². The first kappa shape index (κ1) is 16.5. The van der Waals surface area contributed by atoms with E-state index >= 15 is 0 Å². The van der Waals surface area contributed by atoms with Crippen LogP contribution in [0.3, 0.4) is 0 Å². The lowest BCUT2D eigenvalue weighted by Gasteiger charge is -2.24. The Bertz CT molecular complexity index is 668. The summed E-state index contributed by atoms with van der Waals surface area (Å²) in [5.41, 5.74) is 1.29. The van der Waals surface area contributed by atoms with Gasteiger partial charge in [0.2, 0.25) is 0 Å². The largest absolute Gasteiger partial charge is 0.497 e. The average Bonchev–Trinajstić information content (AvgIpc) is 2.87. The number of nitrogens with zero attached hydrogens (tertiary/aromatic N) is 1. The fraction of sp³-hybridized carbons (Fsp3) is 0.389. The van der Waals surface area contributed by atoms with Crippen LogP contribution in [0.1, 0.15) is 40.4 Å². The normalized spacial score (nSPS) is 18.5. The number of carbonyl (C=O) groups excluding carboxylic acids is 1. The molecule has 0 bridgehead atoms. The monoisotopic (exact) mass is 393 g/mol. The molecule has 1 aliphatic rings. The number of hydrogen-bond donors (Lipinski definition) is 0. The van der Waals surface area contributed by atoms with Crippen LogP contribution >= 0.6 is 27.3 Å². The molecule has 3 rings (SSSR count). The highest BCUT2D eigenvalue weighted by Crippen LogP contribution is 2.29. The third-order valence-corrected chi connectivity index (χ3v) is 6.00. The Morgan fingerprint density at radius 3 is 2.74 bits per heavy atom. The van der Waals surface area contributed by atoms with Crippen LogP contribution in [-0.2, 0) is 0 Å². The van der Waals surface area contributed by atoms with Gasteiger partial charge in [-0.25, -0.2) is 0 Å². The Labute approximate surface area is 149 Å². The van der Waals surface area contributed by atoms with Crippen molar-refractivity contribution in [1.82, 2.24) is 4.90 Å². The van der Waals surface area contributed by atoms with Gasteiger partial charge in [-0.15, -0.1) is 11.3 Å². The summed E-state index contributed by atoms with van der Waals surface area (Å²) in [6.07, 6.45) is 3.36. The molecule has 2 heterocycles. The quantitative estimate of drug-likeness (QED) is 0.739. The van der Waals surface area contributed by atoms with Gasteiger partial charge in [0.1, 0.15) is 5.75 Å². The van der Waals surface area contributed by atoms with E-state index in [4.69, 9.17) is 4.74 Å². The molecule has 0 N–H and O–H groups in total. The Balaban J connectivity index is 1.76. The molecule has 1 aromatic heterocycles. The molecule has 1 aromatic carbocycles. The molecular formula is C18H20BrNO2S. The van der Waals surface area contributed by atoms with Crippen LogP contribution in [0.4, 0.5) is 0 Å². The number of ether oxygens (including phenoxy) is 1. The first-order chi connectivity index (χ1) is 11.2. The van der Waals surface area contributed by atoms with E-state index in [1.165, 1.54) is 16.9 Å². The number of benzene rings is 1. The van der Waals surface area contributed by atoms with Gasteiger partial charge in [0.15, 0.2) is 0 Å². The maximum absolute atomic E-state index is 12.7. The summed E-state index contributed by atoms with van der Waals surface area (Å²) in [5, 5.41) is 1.96. The average molecular weight is 394 g/mol. The van der Waals surface area contributed by atoms with E-state index in [1.54, 1.807) is 7.11 Å². The maximum atomic E-state index is 12.7. The predicted octanol–water partition coefficient (Wildman–Crippen LogP) is 4.93. The van der Waals surface area contributed by atoms with Gasteiger partial charge in [-0.1, -0.05) is 18.6 Å². The fourth-order valence-corrected chi connectivity index (χ4v) is 4.45. The summed E-state index contributed by atoms with van der Waals surface area (Å²) in [7, 11) is 1.68. The second-order valence-electron chi connectivity index (χ2n) is 5.85. The molecule has 0 radical (unpaired) electrons. The predicted molar refractivity (Wildman–Crippen MR) is 97.5 cm³/mol. The van der Waals surface area contributed by atoms with Gasteiger partial charge in [-0.2, -0.15) is 0 Å². The third-order valence-electron chi connectivity index (χ3n) is 4.32. The molecule has 0 unspecified atom stereocenters. The molecule has 1 amide bonds. The molecule has 23 heavy (non-hydrogen) atoms. The third kappa shape index (κ3) is 3.96. The van der Waals surface area contributed by atoms with Gasteiger partial charge in [-0.05, 0) is 52.5 Å². The molecule has 3 nitrogen and oxygen atoms in total. The van der Waals surface area contributed by atoms with E-state index in [1.807, 2.05) is 28.5 Å². The highest BCUT2D eigenvalue weighted by molar-refractivity contribution is 9.10. The second-order valence-corrected chi connectivity index (χ2v) is 7.67. The van der Waals surface area contributed by atoms with Crippen molar-refractivity contribution in [1.29, 1.82) is 0 Å². The first-order valence-corrected chi connectivity index (χ1v) is 9.52. The second kappa shape index (κ2) is 7.49. The van der Waals surface area contributed by atoms with Crippen molar-refractivity contribution in [3.05, 3.63) is 50.6 Å². The van der Waals surface area contributed by atoms with Gasteiger partial charge in [0.25, 0.3) is 5.91 Å². The molecule has 2 aromatic rings. The summed E-state index contributed by atoms with van der Waals surface area (Å²) in [6, 6.07) is 10.2. The number of carbonyl (C=O) groups is 1. The van der Waals surface area contributed by atoms with E-state index in [0.717, 1.165) is 47.5 Å². The molecule has 1 aliphatic heterocycles. The Hall–Kier alpha value is -1.33. The summed E-state index contributed by atoms with van der Waals surface area (Å²) in [5.74, 6) is 1.43. The minimum atomic E-state index is 0.154. The summed E-state index contributed by atoms with van der Waals surface area (Å²) >= 11 is 4.94. The van der Waals surface area contributed by atoms with Crippen molar-refractivity contribution in [2.75, 3.05) is 20.2 Å². The Kier molecular flexibility index (Phi) is 5.38. The summed E-state index contributed by atoms with van der Waals surface area (Å²) < 4.78 is 6.21. The molecule has 0 aliphatic carbocycles. The van der Waals surface area contributed by atoms with Gasteiger partial charge < -0.3 is 9.64 Å². The SMILES string of the molecule is COc1ccc([C@@H]2CCCCN(C(=O)c3cc(Br)cs3)C2)cc1. The van der Waals surface area contributed by atoms with Crippen molar-refractivity contribution < 1.29 is 9.53 Å². The highest BCUT2D eigenvalue weighted by atomic mass is 79.9. The van der Waals surface area contributed by atoms with Crippen LogP contribution < -0.4 is 4.74 Å². The summed E-state index contributed by atoms with van der Waals surface area (Å²) in [4.78, 5) is 15.6. The Morgan fingerprint density at radius 2 is 2.09 bits per heavy atom. The minimum Gasteiger partial charge on any atom is -0.497 e. The molecule has 5 heteroatoms. The smallest absolute Gasteiger partial charge is 0.263 e. The lowest BCUT2D eigenvalue weighted by molar-refractivity contribution is 0.0759. The standard InChI is InChI=1S/C18H20BrNO2S/c1-22-16-7-5-13(6-8-16)14-4-2-3-9-20(11-14)18(21)17-10-15(19)12-23-17/h5-8,10,12,14H,2-4,9,11H2,1H3/t14-/m1/s1. The number of methoxy groups -OCH3 is 1. The maximum Gasteiger partial charge on any atom is 0.263 e. The van der Waals surface area contributed by atoms with Gasteiger partial charge in [-0.3, -0.25) is 4.79 Å². The molecule has 1 fully saturated rings. The van der Waals surface area contributed by atoms with Crippen molar-refractivity contribution >= 4 is 33.2 Å². The van der Waals surface area contributed by atoms with Crippen molar-refractivity contribution in [2.24, 2.45) is 0 Å². The van der Waals surface area contributed by atoms with E-state index in [9.17, 15) is 4.79 Å². The van der Waals surface area contributed by atoms with E-state index in [0.29, 0.717) is 5.92 Å². The number of amides is 1. The molecule has 1 atom stereocenters. The van der Waals surface area contributed by atoms with Gasteiger partial charge in [0.05, 0.1) is 12.0 Å². The zero-order chi connectivity index (χ0) is 16.2. The van der Waals surface area contributed by atoms with Gasteiger partial charge >= 0.3 is 0 Å². The minimum absolute atomic E-state index is 0.154. The zero-order valence-corrected chi connectivity index (χ0v) is 15.5.